The molecule has 0 fully saturated rings. The van der Waals surface area contributed by atoms with Crippen LogP contribution in [0.3, 0.4) is 0 Å². The van der Waals surface area contributed by atoms with Crippen molar-refractivity contribution in [2.24, 2.45) is 0 Å². The molecule has 7 nitrogen and oxygen atoms in total. The highest BCUT2D eigenvalue weighted by molar-refractivity contribution is 5.59. The molecule has 0 unspecified atom stereocenters. The van der Waals surface area contributed by atoms with E-state index in [0.717, 1.165) is 0 Å². The lowest BCUT2D eigenvalue weighted by atomic mass is 10.3. The van der Waals surface area contributed by atoms with E-state index in [0.29, 0.717) is 29.8 Å². The number of anilines is 1. The third kappa shape index (κ3) is 2.87. The first-order chi connectivity index (χ1) is 9.28. The van der Waals surface area contributed by atoms with Crippen molar-refractivity contribution >= 4 is 5.95 Å². The van der Waals surface area contributed by atoms with Gasteiger partial charge in [-0.2, -0.15) is 15.0 Å². The molecular formula is C12H15N5O2. The molecule has 0 radical (unpaired) electrons. The van der Waals surface area contributed by atoms with Gasteiger partial charge in [-0.25, -0.2) is 4.98 Å². The summed E-state index contributed by atoms with van der Waals surface area (Å²) in [6.07, 6.45) is 1.65. The Labute approximate surface area is 111 Å². The van der Waals surface area contributed by atoms with Gasteiger partial charge < -0.3 is 14.8 Å². The van der Waals surface area contributed by atoms with Gasteiger partial charge >= 0.3 is 6.01 Å². The van der Waals surface area contributed by atoms with E-state index in [1.54, 1.807) is 25.4 Å². The number of hydrogen-bond donors (Lipinski definition) is 1. The Morgan fingerprint density at radius 3 is 2.68 bits per heavy atom. The molecule has 0 aromatic carbocycles. The molecule has 0 aliphatic carbocycles. The largest absolute Gasteiger partial charge is 0.494 e. The molecule has 0 amide bonds. The molecule has 0 spiro atoms. The van der Waals surface area contributed by atoms with Crippen molar-refractivity contribution in [1.82, 2.24) is 19.9 Å². The van der Waals surface area contributed by atoms with E-state index in [1.165, 1.54) is 7.11 Å². The Balaban J connectivity index is 2.51. The van der Waals surface area contributed by atoms with Crippen molar-refractivity contribution < 1.29 is 9.47 Å². The average molecular weight is 261 g/mol. The van der Waals surface area contributed by atoms with E-state index in [9.17, 15) is 0 Å². The van der Waals surface area contributed by atoms with Crippen LogP contribution < -0.4 is 14.8 Å². The topological polar surface area (TPSA) is 82.1 Å². The Morgan fingerprint density at radius 2 is 2.00 bits per heavy atom. The monoisotopic (exact) mass is 261 g/mol. The van der Waals surface area contributed by atoms with Gasteiger partial charge in [-0.15, -0.1) is 0 Å². The fourth-order valence-corrected chi connectivity index (χ4v) is 1.51. The predicted octanol–water partition coefficient (Wildman–Crippen LogP) is 1.38. The molecule has 1 N–H and O–H groups in total. The van der Waals surface area contributed by atoms with Crippen molar-refractivity contribution in [2.75, 3.05) is 26.1 Å². The predicted molar refractivity (Wildman–Crippen MR) is 70.3 cm³/mol. The van der Waals surface area contributed by atoms with Crippen LogP contribution in [0, 0.1) is 0 Å². The lowest BCUT2D eigenvalue weighted by molar-refractivity contribution is 0.379. The SMILES string of the molecule is CCNc1nc(OC)nc(-c2ncccc2OC)n1. The van der Waals surface area contributed by atoms with E-state index >= 15 is 0 Å². The maximum atomic E-state index is 5.25. The molecule has 2 aromatic heterocycles. The van der Waals surface area contributed by atoms with Gasteiger partial charge in [-0.05, 0) is 19.1 Å². The molecule has 0 aliphatic rings. The van der Waals surface area contributed by atoms with Crippen LogP contribution in [0.2, 0.25) is 0 Å². The Hall–Kier alpha value is -2.44. The van der Waals surface area contributed by atoms with Gasteiger partial charge in [-0.3, -0.25) is 0 Å². The summed E-state index contributed by atoms with van der Waals surface area (Å²) in [5.74, 6) is 1.44. The molecule has 2 heterocycles. The molecule has 19 heavy (non-hydrogen) atoms. The van der Waals surface area contributed by atoms with Gasteiger partial charge in [0.2, 0.25) is 5.95 Å². The standard InChI is InChI=1S/C12H15N5O2/c1-4-13-11-15-10(16-12(17-11)19-3)9-8(18-2)6-5-7-14-9/h5-7H,4H2,1-3H3,(H,13,15,16,17). The summed E-state index contributed by atoms with van der Waals surface area (Å²) >= 11 is 0. The quantitative estimate of drug-likeness (QED) is 0.870. The summed E-state index contributed by atoms with van der Waals surface area (Å²) in [6, 6.07) is 3.81. The van der Waals surface area contributed by atoms with E-state index in [1.807, 2.05) is 6.92 Å². The van der Waals surface area contributed by atoms with Crippen LogP contribution in [0.5, 0.6) is 11.8 Å². The zero-order chi connectivity index (χ0) is 13.7. The fraction of sp³-hybridized carbons (Fsp3) is 0.333. The van der Waals surface area contributed by atoms with Crippen molar-refractivity contribution in [3.05, 3.63) is 18.3 Å². The van der Waals surface area contributed by atoms with E-state index in [4.69, 9.17) is 9.47 Å². The molecule has 100 valence electrons. The van der Waals surface area contributed by atoms with Crippen molar-refractivity contribution in [2.45, 2.75) is 6.92 Å². The third-order valence-corrected chi connectivity index (χ3v) is 2.33. The average Bonchev–Trinajstić information content (AvgIpc) is 2.47. The van der Waals surface area contributed by atoms with Crippen LogP contribution in [0.4, 0.5) is 5.95 Å². The zero-order valence-corrected chi connectivity index (χ0v) is 11.0. The van der Waals surface area contributed by atoms with Crippen molar-refractivity contribution in [3.63, 3.8) is 0 Å². The highest BCUT2D eigenvalue weighted by Crippen LogP contribution is 2.25. The first-order valence-corrected chi connectivity index (χ1v) is 5.81. The number of aromatic nitrogens is 4. The maximum Gasteiger partial charge on any atom is 0.321 e. The lowest BCUT2D eigenvalue weighted by Crippen LogP contribution is -2.07. The van der Waals surface area contributed by atoms with Crippen LogP contribution in [0.25, 0.3) is 11.5 Å². The summed E-state index contributed by atoms with van der Waals surface area (Å²) in [5, 5.41) is 3.02. The van der Waals surface area contributed by atoms with Gasteiger partial charge in [-0.1, -0.05) is 0 Å². The number of nitrogens with one attached hydrogen (secondary N) is 1. The smallest absolute Gasteiger partial charge is 0.321 e. The summed E-state index contributed by atoms with van der Waals surface area (Å²) in [5.41, 5.74) is 0.546. The molecule has 0 bridgehead atoms. The Bertz CT molecular complexity index is 562. The summed E-state index contributed by atoms with van der Waals surface area (Å²) in [7, 11) is 3.08. The third-order valence-electron chi connectivity index (χ3n) is 2.33. The number of nitrogens with zero attached hydrogens (tertiary/aromatic N) is 4. The molecule has 7 heteroatoms. The number of hydrogen-bond acceptors (Lipinski definition) is 7. The molecule has 2 aromatic rings. The second-order valence-electron chi connectivity index (χ2n) is 3.55. The second kappa shape index (κ2) is 5.94. The van der Waals surface area contributed by atoms with Gasteiger partial charge in [0.1, 0.15) is 11.4 Å². The van der Waals surface area contributed by atoms with Gasteiger partial charge in [0.05, 0.1) is 14.2 Å². The van der Waals surface area contributed by atoms with Gasteiger partial charge in [0.25, 0.3) is 0 Å². The maximum absolute atomic E-state index is 5.25. The second-order valence-corrected chi connectivity index (χ2v) is 3.55. The van der Waals surface area contributed by atoms with Gasteiger partial charge in [0.15, 0.2) is 5.82 Å². The van der Waals surface area contributed by atoms with Crippen molar-refractivity contribution in [1.29, 1.82) is 0 Å². The lowest BCUT2D eigenvalue weighted by Gasteiger charge is -2.08. The molecule has 0 saturated carbocycles. The fourth-order valence-electron chi connectivity index (χ4n) is 1.51. The Morgan fingerprint density at radius 1 is 1.16 bits per heavy atom. The van der Waals surface area contributed by atoms with Crippen LogP contribution in [-0.4, -0.2) is 40.7 Å². The minimum absolute atomic E-state index is 0.230. The van der Waals surface area contributed by atoms with E-state index in [2.05, 4.69) is 25.3 Å². The van der Waals surface area contributed by atoms with Crippen LogP contribution >= 0.6 is 0 Å². The van der Waals surface area contributed by atoms with E-state index < -0.39 is 0 Å². The summed E-state index contributed by atoms with van der Waals surface area (Å²) < 4.78 is 10.3. The number of rotatable bonds is 5. The summed E-state index contributed by atoms with van der Waals surface area (Å²) in [4.78, 5) is 16.8. The van der Waals surface area contributed by atoms with E-state index in [-0.39, 0.29) is 6.01 Å². The minimum atomic E-state index is 0.230. The van der Waals surface area contributed by atoms with Crippen LogP contribution in [-0.2, 0) is 0 Å². The highest BCUT2D eigenvalue weighted by Gasteiger charge is 2.13. The highest BCUT2D eigenvalue weighted by atomic mass is 16.5. The number of pyridine rings is 1. The number of methoxy groups -OCH3 is 2. The van der Waals surface area contributed by atoms with Crippen LogP contribution in [0.1, 0.15) is 6.92 Å². The first-order valence-electron chi connectivity index (χ1n) is 5.81. The minimum Gasteiger partial charge on any atom is -0.494 e. The molecule has 0 atom stereocenters. The molecule has 2 rings (SSSR count). The first kappa shape index (κ1) is 13.0. The number of ether oxygens (including phenoxy) is 2. The molecular weight excluding hydrogens is 246 g/mol. The summed E-state index contributed by atoms with van der Waals surface area (Å²) in [6.45, 7) is 2.66. The van der Waals surface area contributed by atoms with Crippen LogP contribution in [0.15, 0.2) is 18.3 Å². The van der Waals surface area contributed by atoms with Crippen molar-refractivity contribution in [3.8, 4) is 23.3 Å². The Kier molecular flexibility index (Phi) is 4.07. The van der Waals surface area contributed by atoms with Gasteiger partial charge in [0, 0.05) is 12.7 Å². The molecule has 0 aliphatic heterocycles. The molecule has 0 saturated heterocycles. The normalized spacial score (nSPS) is 10.1. The zero-order valence-electron chi connectivity index (χ0n) is 11.0.